The van der Waals surface area contributed by atoms with Gasteiger partial charge >= 0.3 is 0 Å². The molecule has 0 saturated carbocycles. The van der Waals surface area contributed by atoms with E-state index in [0.29, 0.717) is 19.0 Å². The van der Waals surface area contributed by atoms with Crippen molar-refractivity contribution in [2.45, 2.75) is 6.92 Å². The highest BCUT2D eigenvalue weighted by Gasteiger charge is 2.22. The molecule has 1 aromatic rings. The van der Waals surface area contributed by atoms with Crippen molar-refractivity contribution in [1.29, 1.82) is 0 Å². The SMILES string of the molecule is Cc1nc(Cl)c2c(n1)OCCNC2=O. The Balaban J connectivity index is 2.58. The zero-order valence-corrected chi connectivity index (χ0v) is 8.26. The van der Waals surface area contributed by atoms with Crippen molar-refractivity contribution >= 4 is 17.5 Å². The summed E-state index contributed by atoms with van der Waals surface area (Å²) in [7, 11) is 0. The smallest absolute Gasteiger partial charge is 0.260 e. The Kier molecular flexibility index (Phi) is 2.25. The summed E-state index contributed by atoms with van der Waals surface area (Å²) >= 11 is 5.82. The maximum absolute atomic E-state index is 11.5. The van der Waals surface area contributed by atoms with Gasteiger partial charge in [-0.1, -0.05) is 11.6 Å². The summed E-state index contributed by atoms with van der Waals surface area (Å²) in [5.74, 6) is 0.462. The quantitative estimate of drug-likeness (QED) is 0.640. The third-order valence-electron chi connectivity index (χ3n) is 1.80. The molecule has 5 nitrogen and oxygen atoms in total. The highest BCUT2D eigenvalue weighted by Crippen LogP contribution is 2.23. The summed E-state index contributed by atoms with van der Waals surface area (Å²) in [4.78, 5) is 19.4. The molecule has 0 spiro atoms. The molecule has 0 fully saturated rings. The minimum Gasteiger partial charge on any atom is -0.475 e. The van der Waals surface area contributed by atoms with Crippen LogP contribution in [0.3, 0.4) is 0 Å². The molecule has 74 valence electrons. The van der Waals surface area contributed by atoms with Gasteiger partial charge < -0.3 is 10.1 Å². The summed E-state index contributed by atoms with van der Waals surface area (Å²) < 4.78 is 5.26. The molecular formula is C8H8ClN3O2. The van der Waals surface area contributed by atoms with Gasteiger partial charge in [0.05, 0.1) is 6.54 Å². The number of aromatic nitrogens is 2. The van der Waals surface area contributed by atoms with E-state index in [9.17, 15) is 4.79 Å². The standard InChI is InChI=1S/C8H8ClN3O2/c1-4-11-6(9)5-7(13)10-2-3-14-8(5)12-4/h2-3H2,1H3,(H,10,13). The molecule has 1 amide bonds. The second-order valence-corrected chi connectivity index (χ2v) is 3.20. The Morgan fingerprint density at radius 2 is 2.29 bits per heavy atom. The fourth-order valence-corrected chi connectivity index (χ4v) is 1.50. The van der Waals surface area contributed by atoms with Gasteiger partial charge in [0.2, 0.25) is 5.88 Å². The van der Waals surface area contributed by atoms with E-state index < -0.39 is 0 Å². The normalized spacial score (nSPS) is 15.1. The zero-order valence-electron chi connectivity index (χ0n) is 7.50. The Bertz CT molecular complexity index is 394. The minimum atomic E-state index is -0.289. The highest BCUT2D eigenvalue weighted by atomic mass is 35.5. The number of halogens is 1. The molecule has 0 unspecified atom stereocenters. The van der Waals surface area contributed by atoms with E-state index in [2.05, 4.69) is 15.3 Å². The molecule has 2 heterocycles. The van der Waals surface area contributed by atoms with Crippen molar-refractivity contribution in [2.24, 2.45) is 0 Å². The average Bonchev–Trinajstić information content (AvgIpc) is 2.27. The lowest BCUT2D eigenvalue weighted by molar-refractivity contribution is 0.0957. The van der Waals surface area contributed by atoms with Gasteiger partial charge in [0.1, 0.15) is 23.1 Å². The minimum absolute atomic E-state index is 0.131. The molecule has 0 aliphatic carbocycles. The van der Waals surface area contributed by atoms with Crippen LogP contribution in [0, 0.1) is 6.92 Å². The Hall–Kier alpha value is -1.36. The van der Waals surface area contributed by atoms with Gasteiger partial charge in [0.25, 0.3) is 5.91 Å². The van der Waals surface area contributed by atoms with E-state index in [4.69, 9.17) is 16.3 Å². The van der Waals surface area contributed by atoms with Crippen LogP contribution in [-0.2, 0) is 0 Å². The number of nitrogens with zero attached hydrogens (tertiary/aromatic N) is 2. The van der Waals surface area contributed by atoms with Gasteiger partial charge in [-0.05, 0) is 6.92 Å². The van der Waals surface area contributed by atoms with Gasteiger partial charge in [-0.2, -0.15) is 4.98 Å². The van der Waals surface area contributed by atoms with Gasteiger partial charge in [-0.15, -0.1) is 0 Å². The number of nitrogens with one attached hydrogen (secondary N) is 1. The van der Waals surface area contributed by atoms with Crippen LogP contribution in [0.15, 0.2) is 0 Å². The van der Waals surface area contributed by atoms with Crippen LogP contribution in [0.2, 0.25) is 5.15 Å². The molecular weight excluding hydrogens is 206 g/mol. The number of hydrogen-bond acceptors (Lipinski definition) is 4. The van der Waals surface area contributed by atoms with E-state index in [1.54, 1.807) is 6.92 Å². The van der Waals surface area contributed by atoms with E-state index in [1.165, 1.54) is 0 Å². The number of amides is 1. The predicted octanol–water partition coefficient (Wildman–Crippen LogP) is 0.561. The lowest BCUT2D eigenvalue weighted by atomic mass is 10.3. The van der Waals surface area contributed by atoms with Crippen molar-refractivity contribution in [2.75, 3.05) is 13.2 Å². The zero-order chi connectivity index (χ0) is 10.1. The topological polar surface area (TPSA) is 64.1 Å². The summed E-state index contributed by atoms with van der Waals surface area (Å²) in [5, 5.41) is 2.76. The van der Waals surface area contributed by atoms with Gasteiger partial charge in [0, 0.05) is 0 Å². The molecule has 14 heavy (non-hydrogen) atoms. The maximum atomic E-state index is 11.5. The summed E-state index contributed by atoms with van der Waals surface area (Å²) in [6, 6.07) is 0. The van der Waals surface area contributed by atoms with Gasteiger partial charge in [-0.3, -0.25) is 4.79 Å². The molecule has 0 aromatic carbocycles. The molecule has 0 radical (unpaired) electrons. The monoisotopic (exact) mass is 213 g/mol. The molecule has 1 aliphatic rings. The number of ether oxygens (including phenoxy) is 1. The summed E-state index contributed by atoms with van der Waals surface area (Å²) in [6.45, 7) is 2.54. The van der Waals surface area contributed by atoms with Crippen LogP contribution >= 0.6 is 11.6 Å². The predicted molar refractivity (Wildman–Crippen MR) is 49.6 cm³/mol. The fourth-order valence-electron chi connectivity index (χ4n) is 1.21. The molecule has 0 bridgehead atoms. The molecule has 6 heteroatoms. The van der Waals surface area contributed by atoms with E-state index >= 15 is 0 Å². The largest absolute Gasteiger partial charge is 0.475 e. The molecule has 0 saturated heterocycles. The van der Waals surface area contributed by atoms with Crippen LogP contribution in [0.1, 0.15) is 16.2 Å². The third kappa shape index (κ3) is 1.50. The third-order valence-corrected chi connectivity index (χ3v) is 2.07. The number of fused-ring (bicyclic) bond motifs is 1. The first-order valence-corrected chi connectivity index (χ1v) is 4.51. The van der Waals surface area contributed by atoms with Crippen molar-refractivity contribution in [3.63, 3.8) is 0 Å². The Morgan fingerprint density at radius 1 is 1.50 bits per heavy atom. The Labute approximate surface area is 85.5 Å². The fraction of sp³-hybridized carbons (Fsp3) is 0.375. The number of aryl methyl sites for hydroxylation is 1. The van der Waals surface area contributed by atoms with Crippen LogP contribution in [0.25, 0.3) is 0 Å². The Morgan fingerprint density at radius 3 is 3.07 bits per heavy atom. The molecule has 1 N–H and O–H groups in total. The number of carbonyl (C=O) groups is 1. The maximum Gasteiger partial charge on any atom is 0.260 e. The number of carbonyl (C=O) groups excluding carboxylic acids is 1. The second kappa shape index (κ2) is 3.42. The van der Waals surface area contributed by atoms with Crippen molar-refractivity contribution in [3.05, 3.63) is 16.5 Å². The van der Waals surface area contributed by atoms with Crippen molar-refractivity contribution in [1.82, 2.24) is 15.3 Å². The van der Waals surface area contributed by atoms with Crippen LogP contribution in [-0.4, -0.2) is 29.0 Å². The van der Waals surface area contributed by atoms with Crippen molar-refractivity contribution in [3.8, 4) is 5.88 Å². The van der Waals surface area contributed by atoms with Crippen LogP contribution in [0.5, 0.6) is 5.88 Å². The number of hydrogen-bond donors (Lipinski definition) is 1. The van der Waals surface area contributed by atoms with E-state index in [0.717, 1.165) is 0 Å². The van der Waals surface area contributed by atoms with E-state index in [1.807, 2.05) is 0 Å². The van der Waals surface area contributed by atoms with Crippen molar-refractivity contribution < 1.29 is 9.53 Å². The first-order chi connectivity index (χ1) is 6.68. The molecule has 0 atom stereocenters. The molecule has 2 rings (SSSR count). The van der Waals surface area contributed by atoms with E-state index in [-0.39, 0.29) is 22.5 Å². The van der Waals surface area contributed by atoms with Gasteiger partial charge in [0.15, 0.2) is 0 Å². The highest BCUT2D eigenvalue weighted by molar-refractivity contribution is 6.33. The lowest BCUT2D eigenvalue weighted by Gasteiger charge is -2.05. The van der Waals surface area contributed by atoms with Crippen LogP contribution < -0.4 is 10.1 Å². The second-order valence-electron chi connectivity index (χ2n) is 2.85. The molecule has 1 aromatic heterocycles. The van der Waals surface area contributed by atoms with Gasteiger partial charge in [-0.25, -0.2) is 4.98 Å². The lowest BCUT2D eigenvalue weighted by Crippen LogP contribution is -2.24. The average molecular weight is 214 g/mol. The molecule has 1 aliphatic heterocycles. The first-order valence-electron chi connectivity index (χ1n) is 4.13. The first kappa shape index (κ1) is 9.21. The van der Waals surface area contributed by atoms with Crippen LogP contribution in [0.4, 0.5) is 0 Å². The number of rotatable bonds is 0. The summed E-state index contributed by atoms with van der Waals surface area (Å²) in [5.41, 5.74) is 0.217. The summed E-state index contributed by atoms with van der Waals surface area (Å²) in [6.07, 6.45) is 0.